The van der Waals surface area contributed by atoms with Crippen molar-refractivity contribution < 1.29 is 62.9 Å². The number of esters is 4. The van der Waals surface area contributed by atoms with Crippen molar-refractivity contribution in [2.75, 3.05) is 0 Å². The maximum Gasteiger partial charge on any atom is 0.342 e. The van der Waals surface area contributed by atoms with E-state index in [1.165, 1.54) is 0 Å². The second kappa shape index (κ2) is 6.81. The van der Waals surface area contributed by atoms with E-state index in [-0.39, 0.29) is 24.9 Å². The van der Waals surface area contributed by atoms with E-state index in [1.807, 2.05) is 6.92 Å². The number of epoxide rings is 2. The summed E-state index contributed by atoms with van der Waals surface area (Å²) in [7, 11) is 0. The van der Waals surface area contributed by atoms with E-state index < -0.39 is 111 Å². The molecule has 10 fully saturated rings. The molecular formula is C30H34O13. The molecule has 0 amide bonds. The predicted molar refractivity (Wildman–Crippen MR) is 135 cm³/mol. The van der Waals surface area contributed by atoms with Gasteiger partial charge in [-0.25, -0.2) is 9.59 Å². The maximum absolute atomic E-state index is 12.4. The van der Waals surface area contributed by atoms with Gasteiger partial charge in [-0.15, -0.1) is 0 Å². The van der Waals surface area contributed by atoms with Crippen molar-refractivity contribution in [1.29, 1.82) is 0 Å². The zero-order valence-electron chi connectivity index (χ0n) is 24.3. The molecule has 6 heterocycles. The lowest BCUT2D eigenvalue weighted by Crippen LogP contribution is -2.68. The first kappa shape index (κ1) is 26.8. The zero-order valence-corrected chi connectivity index (χ0v) is 24.3. The van der Waals surface area contributed by atoms with Crippen molar-refractivity contribution in [1.82, 2.24) is 0 Å². The largest absolute Gasteiger partial charge is 0.458 e. The average molecular weight is 603 g/mol. The Morgan fingerprint density at radius 3 is 1.72 bits per heavy atom. The monoisotopic (exact) mass is 602 g/mol. The molecule has 10 rings (SSSR count). The Bertz CT molecular complexity index is 1500. The molecule has 16 atom stereocenters. The van der Waals surface area contributed by atoms with Crippen LogP contribution in [0, 0.1) is 34.5 Å². The first-order chi connectivity index (χ1) is 19.9. The Balaban J connectivity index is 0.000000121. The summed E-state index contributed by atoms with van der Waals surface area (Å²) >= 11 is 0. The normalized spacial score (nSPS) is 61.3. The fourth-order valence-electron chi connectivity index (χ4n) is 11.4. The van der Waals surface area contributed by atoms with Crippen LogP contribution in [-0.4, -0.2) is 104 Å². The lowest BCUT2D eigenvalue weighted by molar-refractivity contribution is -0.223. The number of hydrogen-bond donors (Lipinski definition) is 3. The van der Waals surface area contributed by atoms with Crippen LogP contribution in [0.2, 0.25) is 0 Å². The Morgan fingerprint density at radius 2 is 1.23 bits per heavy atom. The van der Waals surface area contributed by atoms with E-state index in [0.29, 0.717) is 0 Å². The number of hydrogen-bond acceptors (Lipinski definition) is 13. The number of carbonyl (C=O) groups is 4. The average Bonchev–Trinajstić information content (AvgIpc) is 3.58. The molecule has 3 N–H and O–H groups in total. The van der Waals surface area contributed by atoms with Crippen LogP contribution in [0.5, 0.6) is 0 Å². The van der Waals surface area contributed by atoms with Gasteiger partial charge >= 0.3 is 23.9 Å². The number of rotatable bonds is 2. The first-order valence-corrected chi connectivity index (χ1v) is 14.9. The second-order valence-corrected chi connectivity index (χ2v) is 15.3. The fourth-order valence-corrected chi connectivity index (χ4v) is 11.4. The van der Waals surface area contributed by atoms with Crippen molar-refractivity contribution >= 4 is 23.9 Å². The molecule has 0 aromatic heterocycles. The Kier molecular flexibility index (Phi) is 4.24. The van der Waals surface area contributed by atoms with E-state index >= 15 is 0 Å². The molecule has 6 aliphatic heterocycles. The minimum atomic E-state index is -1.47. The van der Waals surface area contributed by atoms with Crippen LogP contribution in [-0.2, 0) is 47.6 Å². The number of ether oxygens (including phenoxy) is 6. The van der Waals surface area contributed by atoms with Gasteiger partial charge in [-0.05, 0) is 34.6 Å². The second-order valence-electron chi connectivity index (χ2n) is 15.3. The Labute approximate surface area is 245 Å². The summed E-state index contributed by atoms with van der Waals surface area (Å²) in [6.45, 7) is 12.5. The van der Waals surface area contributed by atoms with Crippen LogP contribution >= 0.6 is 0 Å². The van der Waals surface area contributed by atoms with E-state index in [1.54, 1.807) is 27.7 Å². The highest BCUT2D eigenvalue weighted by Crippen LogP contribution is 2.78. The van der Waals surface area contributed by atoms with Crippen molar-refractivity contribution in [2.45, 2.75) is 112 Å². The van der Waals surface area contributed by atoms with Crippen molar-refractivity contribution in [3.05, 3.63) is 12.2 Å². The van der Waals surface area contributed by atoms with Gasteiger partial charge in [-0.3, -0.25) is 9.59 Å². The van der Waals surface area contributed by atoms with Gasteiger partial charge in [0.2, 0.25) is 11.2 Å². The lowest BCUT2D eigenvalue weighted by atomic mass is 9.52. The van der Waals surface area contributed by atoms with E-state index in [0.717, 1.165) is 5.57 Å². The summed E-state index contributed by atoms with van der Waals surface area (Å²) in [6, 6.07) is 0. The molecule has 4 saturated carbocycles. The molecule has 4 bridgehead atoms. The van der Waals surface area contributed by atoms with E-state index in [9.17, 15) is 34.5 Å². The molecule has 0 aromatic carbocycles. The third kappa shape index (κ3) is 2.29. The molecule has 6 saturated heterocycles. The molecule has 2 unspecified atom stereocenters. The van der Waals surface area contributed by atoms with Gasteiger partial charge < -0.3 is 43.7 Å². The van der Waals surface area contributed by atoms with E-state index in [4.69, 9.17) is 28.4 Å². The summed E-state index contributed by atoms with van der Waals surface area (Å²) in [5, 5.41) is 33.3. The van der Waals surface area contributed by atoms with Crippen molar-refractivity contribution in [3.63, 3.8) is 0 Å². The number of aliphatic hydroxyl groups is 3. The first-order valence-electron chi connectivity index (χ1n) is 14.9. The fraction of sp³-hybridized carbons (Fsp3) is 0.800. The van der Waals surface area contributed by atoms with Crippen LogP contribution in [0.25, 0.3) is 0 Å². The summed E-state index contributed by atoms with van der Waals surface area (Å²) < 4.78 is 33.2. The van der Waals surface area contributed by atoms with Crippen LogP contribution in [0.1, 0.15) is 47.5 Å². The highest BCUT2D eigenvalue weighted by molar-refractivity contribution is 5.92. The van der Waals surface area contributed by atoms with Gasteiger partial charge in [0.05, 0.1) is 39.5 Å². The van der Waals surface area contributed by atoms with Crippen LogP contribution in [0.4, 0.5) is 0 Å². The van der Waals surface area contributed by atoms with Gasteiger partial charge in [0, 0.05) is 24.7 Å². The summed E-state index contributed by atoms with van der Waals surface area (Å²) in [4.78, 5) is 49.4. The highest BCUT2D eigenvalue weighted by atomic mass is 16.7. The molecule has 10 aliphatic rings. The van der Waals surface area contributed by atoms with Crippen LogP contribution < -0.4 is 0 Å². The minimum absolute atomic E-state index is 0.189. The SMILES string of the molecule is C=C(C)C1[C@H]2OC(=O)[C@@H]1[C@]1(O)C[C@H]3O[C@]34C(=O)O[C@H]2[C@]14C.CC(C)(O)C1[C@H]2OC(=O)[C@@H]1[C@]1(O)C[C@H]3O[C@]34C(=O)O[C@H]2[C@]14C. The highest BCUT2D eigenvalue weighted by Gasteiger charge is 2.97. The van der Waals surface area contributed by atoms with E-state index in [2.05, 4.69) is 6.58 Å². The van der Waals surface area contributed by atoms with Crippen molar-refractivity contribution in [3.8, 4) is 0 Å². The number of fused-ring (bicyclic) bond motifs is 8. The Morgan fingerprint density at radius 1 is 0.791 bits per heavy atom. The Hall–Kier alpha value is -2.58. The lowest BCUT2D eigenvalue weighted by Gasteiger charge is -2.53. The molecule has 43 heavy (non-hydrogen) atoms. The molecule has 2 spiro atoms. The van der Waals surface area contributed by atoms with Crippen LogP contribution in [0.15, 0.2) is 12.2 Å². The summed E-state index contributed by atoms with van der Waals surface area (Å²) in [5.74, 6) is -4.37. The smallest absolute Gasteiger partial charge is 0.342 e. The van der Waals surface area contributed by atoms with Gasteiger partial charge in [0.15, 0.2) is 12.2 Å². The standard InChI is InChI=1S/C15H18O7.C15H16O6/c1-12(2,18)6-7-10(16)20-8(6)9-13(3)14(7,19)4-5-15(13,22-5)11(17)21-9;1-5(2)7-8-11(16)19-9(7)10-13(3)14(8,18)4-6-15(13,21-6)12(17)20-10/h5-9,18-19H,4H2,1-3H3;6-10,18H,1,4H2,2-3H3/t5-,6?,7-,8-,9-,13-,14-,15+;6-,7?,8-,9-,10-,13-,14-,15+/m11/s1. The topological polar surface area (TPSA) is 191 Å². The minimum Gasteiger partial charge on any atom is -0.458 e. The third-order valence-electron chi connectivity index (χ3n) is 13.4. The third-order valence-corrected chi connectivity index (χ3v) is 13.4. The molecule has 4 aliphatic carbocycles. The molecule has 13 nitrogen and oxygen atoms in total. The molecule has 0 radical (unpaired) electrons. The van der Waals surface area contributed by atoms with Crippen LogP contribution in [0.3, 0.4) is 0 Å². The van der Waals surface area contributed by atoms with Crippen molar-refractivity contribution in [2.24, 2.45) is 34.5 Å². The molecule has 0 aromatic rings. The number of carbonyl (C=O) groups excluding carboxylic acids is 4. The summed E-state index contributed by atoms with van der Waals surface area (Å²) in [5.41, 5.74) is -7.49. The van der Waals surface area contributed by atoms with Gasteiger partial charge in [0.25, 0.3) is 0 Å². The predicted octanol–water partition coefficient (Wildman–Crippen LogP) is -0.929. The quantitative estimate of drug-likeness (QED) is 0.152. The summed E-state index contributed by atoms with van der Waals surface area (Å²) in [6.07, 6.45) is -3.12. The molecular weight excluding hydrogens is 568 g/mol. The van der Waals surface area contributed by atoms with Gasteiger partial charge in [0.1, 0.15) is 24.4 Å². The maximum atomic E-state index is 12.4. The molecule has 13 heteroatoms. The van der Waals surface area contributed by atoms with Gasteiger partial charge in [-0.1, -0.05) is 12.2 Å². The van der Waals surface area contributed by atoms with Gasteiger partial charge in [-0.2, -0.15) is 0 Å². The molecule has 232 valence electrons. The zero-order chi connectivity index (χ0) is 30.8.